The van der Waals surface area contributed by atoms with Crippen LogP contribution in [-0.4, -0.2) is 138 Å². The smallest absolute Gasteiger partial charge is 0.407 e. The lowest BCUT2D eigenvalue weighted by molar-refractivity contribution is -0.348. The van der Waals surface area contributed by atoms with Crippen molar-refractivity contribution in [1.82, 2.24) is 5.32 Å². The lowest BCUT2D eigenvalue weighted by Gasteiger charge is -2.47. The van der Waals surface area contributed by atoms with Crippen LogP contribution in [0.1, 0.15) is 44.9 Å². The predicted molar refractivity (Wildman–Crippen MR) is 139 cm³/mol. The largest absolute Gasteiger partial charge is 0.469 e. The molecular formula is C26H45NO14. The van der Waals surface area contributed by atoms with Crippen LogP contribution in [0.3, 0.4) is 0 Å². The molecule has 0 aromatic heterocycles. The number of carbonyl (C=O) groups excluding carboxylic acids is 2. The second-order valence-corrected chi connectivity index (χ2v) is 9.89. The van der Waals surface area contributed by atoms with Crippen LogP contribution in [0.25, 0.3) is 0 Å². The van der Waals surface area contributed by atoms with Crippen molar-refractivity contribution < 1.29 is 68.6 Å². The van der Waals surface area contributed by atoms with E-state index in [4.69, 9.17) is 23.7 Å². The van der Waals surface area contributed by atoms with Gasteiger partial charge >= 0.3 is 12.1 Å². The van der Waals surface area contributed by atoms with Gasteiger partial charge in [0.2, 0.25) is 0 Å². The van der Waals surface area contributed by atoms with Crippen molar-refractivity contribution >= 4 is 12.1 Å². The summed E-state index contributed by atoms with van der Waals surface area (Å²) in [6.45, 7) is 2.22. The highest BCUT2D eigenvalue weighted by atomic mass is 16.7. The maximum atomic E-state index is 12.3. The van der Waals surface area contributed by atoms with Crippen LogP contribution >= 0.6 is 0 Å². The van der Waals surface area contributed by atoms with Crippen molar-refractivity contribution in [2.45, 2.75) is 106 Å². The second kappa shape index (κ2) is 18.6. The number of esters is 1. The van der Waals surface area contributed by atoms with Crippen molar-refractivity contribution in [2.24, 2.45) is 0 Å². The van der Waals surface area contributed by atoms with Crippen molar-refractivity contribution in [3.8, 4) is 0 Å². The molecule has 0 aromatic carbocycles. The first-order chi connectivity index (χ1) is 19.7. The Morgan fingerprint density at radius 3 is 2.12 bits per heavy atom. The van der Waals surface area contributed by atoms with Gasteiger partial charge in [0.15, 0.2) is 12.6 Å². The molecule has 2 aliphatic rings. The summed E-state index contributed by atoms with van der Waals surface area (Å²) in [4.78, 5) is 23.5. The highest BCUT2D eigenvalue weighted by Gasteiger charge is 2.51. The molecular weight excluding hydrogens is 550 g/mol. The summed E-state index contributed by atoms with van der Waals surface area (Å²) < 4.78 is 32.2. The number of hydrogen-bond acceptors (Lipinski definition) is 14. The van der Waals surface area contributed by atoms with Gasteiger partial charge in [0.1, 0.15) is 55.4 Å². The van der Waals surface area contributed by atoms with E-state index in [1.165, 1.54) is 13.2 Å². The average Bonchev–Trinajstić information content (AvgIpc) is 2.97. The third-order valence-electron chi connectivity index (χ3n) is 6.89. The summed E-state index contributed by atoms with van der Waals surface area (Å²) >= 11 is 0. The first-order valence-electron chi connectivity index (χ1n) is 13.8. The molecule has 238 valence electrons. The molecule has 0 aliphatic carbocycles. The van der Waals surface area contributed by atoms with E-state index in [-0.39, 0.29) is 19.2 Å². The number of amides is 1. The van der Waals surface area contributed by atoms with Gasteiger partial charge in [0.25, 0.3) is 0 Å². The molecule has 0 bridgehead atoms. The van der Waals surface area contributed by atoms with Gasteiger partial charge in [-0.05, 0) is 12.8 Å². The average molecular weight is 596 g/mol. The highest BCUT2D eigenvalue weighted by molar-refractivity contribution is 5.69. The molecule has 2 heterocycles. The lowest BCUT2D eigenvalue weighted by atomic mass is 9.95. The minimum absolute atomic E-state index is 0.106. The molecule has 10 atom stereocenters. The Kier molecular flexibility index (Phi) is 16.0. The standard InChI is InChI=1S/C26H45NO14/c1-3-11-38-26(35)27-18-20(32)23(41-25-22(34)21(33)19(31)15(13-28)39-25)16(14-29)40-24(18)37-12-9-7-5-4-6-8-10-17(30)36-2/h3,15-16,18-25,28-29,31-34H,1,4-14H2,2H3,(H,27,35)/t15?,16?,18?,19-,20?,21?,22?,23+,24+,25?/m0/s1. The number of carbonyl (C=O) groups is 2. The second-order valence-electron chi connectivity index (χ2n) is 9.89. The number of aliphatic hydroxyl groups excluding tert-OH is 6. The Morgan fingerprint density at radius 1 is 0.854 bits per heavy atom. The molecule has 0 saturated carbocycles. The van der Waals surface area contributed by atoms with Crippen LogP contribution in [0.15, 0.2) is 12.7 Å². The summed E-state index contributed by atoms with van der Waals surface area (Å²) in [5.74, 6) is -0.230. The van der Waals surface area contributed by atoms with Crippen LogP contribution in [-0.2, 0) is 33.2 Å². The molecule has 7 N–H and O–H groups in total. The summed E-state index contributed by atoms with van der Waals surface area (Å²) in [6, 6.07) is -1.25. The fraction of sp³-hybridized carbons (Fsp3) is 0.846. The maximum absolute atomic E-state index is 12.3. The molecule has 2 rings (SSSR count). The first-order valence-corrected chi connectivity index (χ1v) is 13.8. The third-order valence-corrected chi connectivity index (χ3v) is 6.89. The topological polar surface area (TPSA) is 223 Å². The van der Waals surface area contributed by atoms with E-state index in [1.54, 1.807) is 0 Å². The van der Waals surface area contributed by atoms with Gasteiger partial charge in [0.05, 0.1) is 20.3 Å². The van der Waals surface area contributed by atoms with E-state index in [2.05, 4.69) is 16.6 Å². The Balaban J connectivity index is 2.00. The highest BCUT2D eigenvalue weighted by Crippen LogP contribution is 2.30. The van der Waals surface area contributed by atoms with Gasteiger partial charge in [-0.15, -0.1) is 0 Å². The number of methoxy groups -OCH3 is 1. The number of aliphatic hydroxyl groups is 6. The van der Waals surface area contributed by atoms with Crippen LogP contribution in [0.5, 0.6) is 0 Å². The zero-order valence-electron chi connectivity index (χ0n) is 23.3. The molecule has 0 aromatic rings. The zero-order valence-corrected chi connectivity index (χ0v) is 23.3. The van der Waals surface area contributed by atoms with E-state index < -0.39 is 80.7 Å². The van der Waals surface area contributed by atoms with Gasteiger partial charge < -0.3 is 64.4 Å². The molecule has 0 spiro atoms. The summed E-state index contributed by atoms with van der Waals surface area (Å²) in [6.07, 6.45) is -7.66. The van der Waals surface area contributed by atoms with Crippen molar-refractivity contribution in [3.05, 3.63) is 12.7 Å². The molecule has 41 heavy (non-hydrogen) atoms. The van der Waals surface area contributed by atoms with Crippen LogP contribution < -0.4 is 5.32 Å². The van der Waals surface area contributed by atoms with Crippen molar-refractivity contribution in [2.75, 3.05) is 33.5 Å². The molecule has 1 amide bonds. The quantitative estimate of drug-likeness (QED) is 0.0575. The van der Waals surface area contributed by atoms with E-state index in [0.29, 0.717) is 12.8 Å². The Morgan fingerprint density at radius 2 is 1.49 bits per heavy atom. The molecule has 2 aliphatic heterocycles. The van der Waals surface area contributed by atoms with E-state index in [0.717, 1.165) is 32.1 Å². The number of nitrogens with one attached hydrogen (secondary N) is 1. The Bertz CT molecular complexity index is 785. The normalized spacial score (nSPS) is 33.6. The summed E-state index contributed by atoms with van der Waals surface area (Å²) in [5.41, 5.74) is 0. The molecule has 7 unspecified atom stereocenters. The molecule has 2 fully saturated rings. The first kappa shape index (κ1) is 35.3. The fourth-order valence-electron chi connectivity index (χ4n) is 4.56. The Hall–Kier alpha value is -1.92. The monoisotopic (exact) mass is 595 g/mol. The molecule has 15 nitrogen and oxygen atoms in total. The van der Waals surface area contributed by atoms with Gasteiger partial charge in [0, 0.05) is 13.0 Å². The zero-order chi connectivity index (χ0) is 30.4. The van der Waals surface area contributed by atoms with Crippen molar-refractivity contribution in [3.63, 3.8) is 0 Å². The van der Waals surface area contributed by atoms with Crippen LogP contribution in [0, 0.1) is 0 Å². The Labute approximate surface area is 238 Å². The summed E-state index contributed by atoms with van der Waals surface area (Å²) in [5, 5.41) is 63.5. The fourth-order valence-corrected chi connectivity index (χ4v) is 4.56. The molecule has 15 heteroatoms. The number of rotatable bonds is 17. The van der Waals surface area contributed by atoms with E-state index in [9.17, 15) is 40.2 Å². The number of ether oxygens (including phenoxy) is 6. The minimum Gasteiger partial charge on any atom is -0.469 e. The third kappa shape index (κ3) is 10.7. The maximum Gasteiger partial charge on any atom is 0.407 e. The van der Waals surface area contributed by atoms with Gasteiger partial charge in [-0.3, -0.25) is 4.79 Å². The van der Waals surface area contributed by atoms with E-state index in [1.807, 2.05) is 0 Å². The summed E-state index contributed by atoms with van der Waals surface area (Å²) in [7, 11) is 1.36. The lowest BCUT2D eigenvalue weighted by Crippen LogP contribution is -2.67. The minimum atomic E-state index is -1.77. The van der Waals surface area contributed by atoms with Crippen LogP contribution in [0.2, 0.25) is 0 Å². The number of unbranched alkanes of at least 4 members (excludes halogenated alkanes) is 5. The van der Waals surface area contributed by atoms with Gasteiger partial charge in [-0.2, -0.15) is 0 Å². The number of hydrogen-bond donors (Lipinski definition) is 7. The van der Waals surface area contributed by atoms with Gasteiger partial charge in [-0.25, -0.2) is 4.79 Å². The van der Waals surface area contributed by atoms with Crippen molar-refractivity contribution in [1.29, 1.82) is 0 Å². The molecule has 2 saturated heterocycles. The molecule has 0 radical (unpaired) electrons. The predicted octanol–water partition coefficient (Wildman–Crippen LogP) is -1.55. The number of alkyl carbamates (subject to hydrolysis) is 1. The van der Waals surface area contributed by atoms with Crippen LogP contribution in [0.4, 0.5) is 4.79 Å². The SMILES string of the molecule is C=CCOC(=O)NC1C(O)[C@H](OC2OC(CO)[C@H](O)C(O)C2O)C(CO)O[C@H]1OCCCCCCCCC(=O)OC. The van der Waals surface area contributed by atoms with Gasteiger partial charge in [-0.1, -0.05) is 38.3 Å². The van der Waals surface area contributed by atoms with E-state index >= 15 is 0 Å².